The van der Waals surface area contributed by atoms with Gasteiger partial charge in [-0.15, -0.1) is 0 Å². The SMILES string of the molecule is c1ccc(Cc2ccc(OCCN3CCCCCCC3)cc2)cc1. The van der Waals surface area contributed by atoms with Crippen molar-refractivity contribution in [2.24, 2.45) is 0 Å². The van der Waals surface area contributed by atoms with Crippen molar-refractivity contribution in [3.8, 4) is 5.75 Å². The van der Waals surface area contributed by atoms with E-state index < -0.39 is 0 Å². The lowest BCUT2D eigenvalue weighted by molar-refractivity contribution is 0.195. The van der Waals surface area contributed by atoms with E-state index in [4.69, 9.17) is 4.74 Å². The molecule has 2 heteroatoms. The molecular weight excluding hydrogens is 294 g/mol. The van der Waals surface area contributed by atoms with Crippen LogP contribution in [0.4, 0.5) is 0 Å². The first kappa shape index (κ1) is 17.0. The van der Waals surface area contributed by atoms with Gasteiger partial charge in [-0.05, 0) is 55.6 Å². The lowest BCUT2D eigenvalue weighted by atomic mass is 10.1. The van der Waals surface area contributed by atoms with Crippen LogP contribution in [0.3, 0.4) is 0 Å². The van der Waals surface area contributed by atoms with Crippen LogP contribution in [0.25, 0.3) is 0 Å². The maximum atomic E-state index is 5.94. The second-order valence-corrected chi connectivity index (χ2v) is 6.76. The smallest absolute Gasteiger partial charge is 0.119 e. The number of nitrogens with zero attached hydrogens (tertiary/aromatic N) is 1. The van der Waals surface area contributed by atoms with Crippen molar-refractivity contribution < 1.29 is 4.74 Å². The van der Waals surface area contributed by atoms with Crippen LogP contribution >= 0.6 is 0 Å². The Morgan fingerprint density at radius 2 is 1.33 bits per heavy atom. The normalized spacial score (nSPS) is 16.3. The van der Waals surface area contributed by atoms with Crippen molar-refractivity contribution in [2.45, 2.75) is 38.5 Å². The van der Waals surface area contributed by atoms with Gasteiger partial charge in [-0.25, -0.2) is 0 Å². The third kappa shape index (κ3) is 5.68. The van der Waals surface area contributed by atoms with Crippen LogP contribution in [-0.2, 0) is 6.42 Å². The lowest BCUT2D eigenvalue weighted by Gasteiger charge is -2.24. The van der Waals surface area contributed by atoms with Gasteiger partial charge in [-0.3, -0.25) is 4.90 Å². The van der Waals surface area contributed by atoms with Gasteiger partial charge in [0.15, 0.2) is 0 Å². The summed E-state index contributed by atoms with van der Waals surface area (Å²) in [5.41, 5.74) is 2.68. The van der Waals surface area contributed by atoms with Gasteiger partial charge in [-0.1, -0.05) is 61.7 Å². The molecule has 2 nitrogen and oxygen atoms in total. The highest BCUT2D eigenvalue weighted by Gasteiger charge is 2.07. The highest BCUT2D eigenvalue weighted by Crippen LogP contribution is 2.16. The first-order chi connectivity index (χ1) is 11.9. The lowest BCUT2D eigenvalue weighted by Crippen LogP contribution is -2.31. The summed E-state index contributed by atoms with van der Waals surface area (Å²) in [6.07, 6.45) is 7.86. The average molecular weight is 323 g/mol. The fourth-order valence-corrected chi connectivity index (χ4v) is 3.36. The summed E-state index contributed by atoms with van der Waals surface area (Å²) in [7, 11) is 0. The van der Waals surface area contributed by atoms with Crippen molar-refractivity contribution in [3.05, 3.63) is 65.7 Å². The van der Waals surface area contributed by atoms with E-state index in [-0.39, 0.29) is 0 Å². The molecule has 0 unspecified atom stereocenters. The summed E-state index contributed by atoms with van der Waals surface area (Å²) in [5.74, 6) is 0.985. The number of hydrogen-bond acceptors (Lipinski definition) is 2. The third-order valence-corrected chi connectivity index (χ3v) is 4.80. The molecule has 1 aliphatic heterocycles. The summed E-state index contributed by atoms with van der Waals surface area (Å²) in [6, 6.07) is 19.2. The first-order valence-corrected chi connectivity index (χ1v) is 9.38. The first-order valence-electron chi connectivity index (χ1n) is 9.38. The third-order valence-electron chi connectivity index (χ3n) is 4.80. The fraction of sp³-hybridized carbons (Fsp3) is 0.455. The van der Waals surface area contributed by atoms with E-state index in [0.717, 1.165) is 25.3 Å². The minimum Gasteiger partial charge on any atom is -0.492 e. The zero-order valence-electron chi connectivity index (χ0n) is 14.6. The van der Waals surface area contributed by atoms with E-state index in [2.05, 4.69) is 59.5 Å². The minimum absolute atomic E-state index is 0.790. The highest BCUT2D eigenvalue weighted by molar-refractivity contribution is 5.31. The molecule has 1 aliphatic rings. The fourth-order valence-electron chi connectivity index (χ4n) is 3.36. The summed E-state index contributed by atoms with van der Waals surface area (Å²) in [4.78, 5) is 2.56. The van der Waals surface area contributed by atoms with Crippen LogP contribution in [-0.4, -0.2) is 31.1 Å². The van der Waals surface area contributed by atoms with Crippen LogP contribution in [0.1, 0.15) is 43.2 Å². The zero-order valence-corrected chi connectivity index (χ0v) is 14.6. The average Bonchev–Trinajstić information content (AvgIpc) is 2.59. The van der Waals surface area contributed by atoms with Crippen LogP contribution in [0.15, 0.2) is 54.6 Å². The molecule has 0 atom stereocenters. The molecule has 3 rings (SSSR count). The van der Waals surface area contributed by atoms with E-state index in [1.807, 2.05) is 0 Å². The second-order valence-electron chi connectivity index (χ2n) is 6.76. The molecule has 0 radical (unpaired) electrons. The van der Waals surface area contributed by atoms with Gasteiger partial charge in [0.25, 0.3) is 0 Å². The molecule has 0 aliphatic carbocycles. The monoisotopic (exact) mass is 323 g/mol. The molecule has 0 bridgehead atoms. The number of likely N-dealkylation sites (tertiary alicyclic amines) is 1. The summed E-state index contributed by atoms with van der Waals surface area (Å²) < 4.78 is 5.94. The van der Waals surface area contributed by atoms with E-state index in [1.54, 1.807) is 0 Å². The van der Waals surface area contributed by atoms with Gasteiger partial charge in [0.1, 0.15) is 12.4 Å². The Morgan fingerprint density at radius 3 is 2.04 bits per heavy atom. The van der Waals surface area contributed by atoms with Crippen molar-refractivity contribution in [3.63, 3.8) is 0 Å². The van der Waals surface area contributed by atoms with E-state index in [1.165, 1.54) is 56.3 Å². The van der Waals surface area contributed by atoms with Gasteiger partial charge in [0, 0.05) is 6.54 Å². The number of hydrogen-bond donors (Lipinski definition) is 0. The molecule has 1 saturated heterocycles. The molecule has 1 heterocycles. The minimum atomic E-state index is 0.790. The summed E-state index contributed by atoms with van der Waals surface area (Å²) in [5, 5.41) is 0. The zero-order chi connectivity index (χ0) is 16.5. The molecule has 24 heavy (non-hydrogen) atoms. The second kappa shape index (κ2) is 9.48. The molecule has 2 aromatic carbocycles. The Morgan fingerprint density at radius 1 is 0.708 bits per heavy atom. The predicted molar refractivity (Wildman–Crippen MR) is 101 cm³/mol. The maximum Gasteiger partial charge on any atom is 0.119 e. The Labute approximate surface area is 146 Å². The van der Waals surface area contributed by atoms with Crippen molar-refractivity contribution in [1.29, 1.82) is 0 Å². The van der Waals surface area contributed by atoms with E-state index in [9.17, 15) is 0 Å². The Kier molecular flexibility index (Phi) is 6.73. The Bertz CT molecular complexity index is 571. The summed E-state index contributed by atoms with van der Waals surface area (Å²) >= 11 is 0. The topological polar surface area (TPSA) is 12.5 Å². The van der Waals surface area contributed by atoms with Crippen LogP contribution in [0.5, 0.6) is 5.75 Å². The van der Waals surface area contributed by atoms with Crippen LogP contribution in [0, 0.1) is 0 Å². The summed E-state index contributed by atoms with van der Waals surface area (Å²) in [6.45, 7) is 4.31. The van der Waals surface area contributed by atoms with Gasteiger partial charge >= 0.3 is 0 Å². The van der Waals surface area contributed by atoms with Gasteiger partial charge < -0.3 is 4.74 Å². The van der Waals surface area contributed by atoms with Crippen molar-refractivity contribution in [1.82, 2.24) is 4.90 Å². The molecule has 0 saturated carbocycles. The molecule has 2 aromatic rings. The molecule has 0 aromatic heterocycles. The number of rotatable bonds is 6. The molecule has 0 amide bonds. The molecule has 0 spiro atoms. The predicted octanol–water partition coefficient (Wildman–Crippen LogP) is 4.92. The quantitative estimate of drug-likeness (QED) is 0.748. The molecule has 0 N–H and O–H groups in total. The standard InChI is InChI=1S/C22H29NO/c1-2-7-15-23(16-8-3-1)17-18-24-22-13-11-21(12-14-22)19-20-9-5-4-6-10-20/h4-6,9-14H,1-3,7-8,15-19H2. The number of benzene rings is 2. The molecular formula is C22H29NO. The van der Waals surface area contributed by atoms with Gasteiger partial charge in [0.2, 0.25) is 0 Å². The van der Waals surface area contributed by atoms with Crippen LogP contribution in [0.2, 0.25) is 0 Å². The highest BCUT2D eigenvalue weighted by atomic mass is 16.5. The van der Waals surface area contributed by atoms with Crippen LogP contribution < -0.4 is 4.74 Å². The maximum absolute atomic E-state index is 5.94. The Balaban J connectivity index is 1.42. The van der Waals surface area contributed by atoms with E-state index in [0.29, 0.717) is 0 Å². The molecule has 1 fully saturated rings. The van der Waals surface area contributed by atoms with Gasteiger partial charge in [-0.2, -0.15) is 0 Å². The van der Waals surface area contributed by atoms with Gasteiger partial charge in [0.05, 0.1) is 0 Å². The Hall–Kier alpha value is -1.80. The van der Waals surface area contributed by atoms with Crippen molar-refractivity contribution in [2.75, 3.05) is 26.2 Å². The van der Waals surface area contributed by atoms with Crippen molar-refractivity contribution >= 4 is 0 Å². The number of ether oxygens (including phenoxy) is 1. The molecule has 128 valence electrons. The van der Waals surface area contributed by atoms with E-state index >= 15 is 0 Å². The largest absolute Gasteiger partial charge is 0.492 e.